The standard InChI is InChI=1S/C27H23BrClN5O/c1-17-16-33(10-11-34(17)27(35)32-23-7-2-18(14-30)3-8-23)26-24-9-6-22(29)13-19(24)4-5-20-12-21(28)15-31-25(20)26/h2-3,6-9,12-13,15,26H,1,4-5,10-11,16H2,(H,32,35). The van der Waals surface area contributed by atoms with Crippen molar-refractivity contribution in [3.63, 3.8) is 0 Å². The van der Waals surface area contributed by atoms with Gasteiger partial charge in [-0.15, -0.1) is 0 Å². The fourth-order valence-electron chi connectivity index (χ4n) is 4.85. The highest BCUT2D eigenvalue weighted by molar-refractivity contribution is 9.10. The van der Waals surface area contributed by atoms with Gasteiger partial charge in [-0.2, -0.15) is 5.26 Å². The van der Waals surface area contributed by atoms with E-state index >= 15 is 0 Å². The average molecular weight is 549 g/mol. The Morgan fingerprint density at radius 3 is 2.66 bits per heavy atom. The Balaban J connectivity index is 1.39. The molecule has 3 aromatic rings. The Bertz CT molecular complexity index is 1300. The number of urea groups is 1. The summed E-state index contributed by atoms with van der Waals surface area (Å²) in [4.78, 5) is 21.8. The number of nitrogens with one attached hydrogen (secondary N) is 1. The number of amides is 2. The predicted octanol–water partition coefficient (Wildman–Crippen LogP) is 5.92. The van der Waals surface area contributed by atoms with Gasteiger partial charge in [0.25, 0.3) is 0 Å². The van der Waals surface area contributed by atoms with Gasteiger partial charge in [0, 0.05) is 46.7 Å². The molecule has 0 radical (unpaired) electrons. The van der Waals surface area contributed by atoms with Crippen LogP contribution in [0.2, 0.25) is 5.02 Å². The number of hydrogen-bond donors (Lipinski definition) is 1. The van der Waals surface area contributed by atoms with Crippen molar-refractivity contribution in [3.05, 3.63) is 104 Å². The van der Waals surface area contributed by atoms with Gasteiger partial charge in [-0.3, -0.25) is 14.8 Å². The lowest BCUT2D eigenvalue weighted by molar-refractivity contribution is 0.156. The van der Waals surface area contributed by atoms with Crippen molar-refractivity contribution in [2.45, 2.75) is 18.9 Å². The number of nitrogens with zero attached hydrogens (tertiary/aromatic N) is 4. The second-order valence-electron chi connectivity index (χ2n) is 8.75. The van der Waals surface area contributed by atoms with Crippen LogP contribution in [-0.2, 0) is 12.8 Å². The van der Waals surface area contributed by atoms with Crippen molar-refractivity contribution >= 4 is 39.2 Å². The lowest BCUT2D eigenvalue weighted by Gasteiger charge is -2.40. The van der Waals surface area contributed by atoms with Crippen LogP contribution < -0.4 is 5.32 Å². The van der Waals surface area contributed by atoms with Crippen LogP contribution >= 0.6 is 27.5 Å². The molecule has 2 aromatic carbocycles. The molecule has 2 aliphatic rings. The van der Waals surface area contributed by atoms with Crippen LogP contribution in [0.3, 0.4) is 0 Å². The van der Waals surface area contributed by atoms with Crippen LogP contribution in [0, 0.1) is 11.3 Å². The number of pyridine rings is 1. The third kappa shape index (κ3) is 4.83. The van der Waals surface area contributed by atoms with E-state index in [1.165, 1.54) is 16.7 Å². The van der Waals surface area contributed by atoms with E-state index in [0.29, 0.717) is 30.9 Å². The maximum atomic E-state index is 13.0. The zero-order valence-corrected chi connectivity index (χ0v) is 21.3. The summed E-state index contributed by atoms with van der Waals surface area (Å²) in [5, 5.41) is 12.6. The summed E-state index contributed by atoms with van der Waals surface area (Å²) >= 11 is 9.91. The molecule has 1 fully saturated rings. The molecule has 1 aliphatic heterocycles. The molecule has 1 N–H and O–H groups in total. The topological polar surface area (TPSA) is 72.3 Å². The molecule has 1 saturated heterocycles. The molecule has 35 heavy (non-hydrogen) atoms. The predicted molar refractivity (Wildman–Crippen MR) is 140 cm³/mol. The summed E-state index contributed by atoms with van der Waals surface area (Å²) in [6.07, 6.45) is 3.63. The monoisotopic (exact) mass is 547 g/mol. The summed E-state index contributed by atoms with van der Waals surface area (Å²) in [6.45, 7) is 5.93. The first kappa shape index (κ1) is 23.6. The van der Waals surface area contributed by atoms with Crippen molar-refractivity contribution in [2.24, 2.45) is 0 Å². The minimum Gasteiger partial charge on any atom is -0.308 e. The largest absolute Gasteiger partial charge is 0.326 e. The zero-order chi connectivity index (χ0) is 24.5. The molecule has 6 nitrogen and oxygen atoms in total. The molecular weight excluding hydrogens is 526 g/mol. The molecular formula is C27H23BrClN5O. The van der Waals surface area contributed by atoms with E-state index in [4.69, 9.17) is 21.8 Å². The van der Waals surface area contributed by atoms with Gasteiger partial charge in [0.15, 0.2) is 0 Å². The molecule has 5 rings (SSSR count). The first-order valence-corrected chi connectivity index (χ1v) is 12.5. The van der Waals surface area contributed by atoms with Crippen molar-refractivity contribution < 1.29 is 4.79 Å². The molecule has 176 valence electrons. The number of carbonyl (C=O) groups is 1. The Kier molecular flexibility index (Phi) is 6.61. The second-order valence-corrected chi connectivity index (χ2v) is 10.1. The number of rotatable bonds is 2. The lowest BCUT2D eigenvalue weighted by Crippen LogP contribution is -2.49. The van der Waals surface area contributed by atoms with Crippen LogP contribution in [0.1, 0.15) is 34.0 Å². The first-order valence-electron chi connectivity index (χ1n) is 11.4. The van der Waals surface area contributed by atoms with Crippen molar-refractivity contribution in [1.29, 1.82) is 5.26 Å². The van der Waals surface area contributed by atoms with E-state index in [-0.39, 0.29) is 12.1 Å². The van der Waals surface area contributed by atoms with E-state index in [2.05, 4.69) is 57.0 Å². The van der Waals surface area contributed by atoms with E-state index < -0.39 is 0 Å². The van der Waals surface area contributed by atoms with Gasteiger partial charge in [0.1, 0.15) is 0 Å². The summed E-state index contributed by atoms with van der Waals surface area (Å²) in [5.41, 5.74) is 6.59. The number of piperazine rings is 1. The molecule has 2 heterocycles. The molecule has 1 atom stereocenters. The van der Waals surface area contributed by atoms with Gasteiger partial charge >= 0.3 is 6.03 Å². The number of nitriles is 1. The van der Waals surface area contributed by atoms with E-state index in [0.717, 1.165) is 33.7 Å². The smallest absolute Gasteiger partial charge is 0.308 e. The van der Waals surface area contributed by atoms with E-state index in [1.807, 2.05) is 12.3 Å². The number of anilines is 1. The molecule has 0 bridgehead atoms. The maximum absolute atomic E-state index is 13.0. The summed E-state index contributed by atoms with van der Waals surface area (Å²) in [5.74, 6) is 0. The van der Waals surface area contributed by atoms with Gasteiger partial charge in [-0.1, -0.05) is 24.2 Å². The van der Waals surface area contributed by atoms with Crippen LogP contribution in [0.25, 0.3) is 0 Å². The number of hydrogen-bond acceptors (Lipinski definition) is 4. The molecule has 1 aromatic heterocycles. The SMILES string of the molecule is C=C1CN(C2c3ccc(Cl)cc3CCc3cc(Br)cnc32)CCN1C(=O)Nc1ccc(C#N)cc1. The number of fused-ring (bicyclic) bond motifs is 2. The number of carbonyl (C=O) groups excluding carboxylic acids is 1. The zero-order valence-electron chi connectivity index (χ0n) is 19.0. The molecule has 1 unspecified atom stereocenters. The highest BCUT2D eigenvalue weighted by atomic mass is 79.9. The van der Waals surface area contributed by atoms with Crippen molar-refractivity contribution in [1.82, 2.24) is 14.8 Å². The average Bonchev–Trinajstić information content (AvgIpc) is 3.00. The summed E-state index contributed by atoms with van der Waals surface area (Å²) in [6, 6.07) is 16.9. The van der Waals surface area contributed by atoms with Crippen LogP contribution in [-0.4, -0.2) is 40.4 Å². The van der Waals surface area contributed by atoms with Crippen molar-refractivity contribution in [3.8, 4) is 6.07 Å². The minimum absolute atomic E-state index is 0.0478. The van der Waals surface area contributed by atoms with E-state index in [9.17, 15) is 4.79 Å². The van der Waals surface area contributed by atoms with Gasteiger partial charge in [-0.25, -0.2) is 4.79 Å². The molecule has 8 heteroatoms. The summed E-state index contributed by atoms with van der Waals surface area (Å²) < 4.78 is 0.965. The molecule has 0 spiro atoms. The van der Waals surface area contributed by atoms with Gasteiger partial charge in [0.2, 0.25) is 0 Å². The fraction of sp³-hybridized carbons (Fsp3) is 0.222. The number of aryl methyl sites for hydroxylation is 2. The first-order chi connectivity index (χ1) is 16.9. The second kappa shape index (κ2) is 9.82. The van der Waals surface area contributed by atoms with Gasteiger partial charge < -0.3 is 5.32 Å². The van der Waals surface area contributed by atoms with Crippen LogP contribution in [0.5, 0.6) is 0 Å². The third-order valence-electron chi connectivity index (χ3n) is 6.54. The molecule has 0 saturated carbocycles. The minimum atomic E-state index is -0.227. The number of aromatic nitrogens is 1. The van der Waals surface area contributed by atoms with Crippen LogP contribution in [0.4, 0.5) is 10.5 Å². The highest BCUT2D eigenvalue weighted by Crippen LogP contribution is 2.38. The Hall–Kier alpha value is -3.18. The number of benzene rings is 2. The fourth-order valence-corrected chi connectivity index (χ4v) is 5.43. The third-order valence-corrected chi connectivity index (χ3v) is 7.21. The van der Waals surface area contributed by atoms with Crippen LogP contribution in [0.15, 0.2) is 71.5 Å². The van der Waals surface area contributed by atoms with Gasteiger partial charge in [-0.05, 0) is 87.9 Å². The maximum Gasteiger partial charge on any atom is 0.326 e. The molecule has 2 amide bonds. The number of halogens is 2. The molecule has 1 aliphatic carbocycles. The summed E-state index contributed by atoms with van der Waals surface area (Å²) in [7, 11) is 0. The Labute approximate surface area is 218 Å². The Morgan fingerprint density at radius 2 is 1.91 bits per heavy atom. The van der Waals surface area contributed by atoms with Crippen molar-refractivity contribution in [2.75, 3.05) is 25.0 Å². The lowest BCUT2D eigenvalue weighted by atomic mass is 9.96. The van der Waals surface area contributed by atoms with E-state index in [1.54, 1.807) is 29.2 Å². The highest BCUT2D eigenvalue weighted by Gasteiger charge is 2.34. The van der Waals surface area contributed by atoms with Gasteiger partial charge in [0.05, 0.1) is 23.4 Å². The normalized spacial score (nSPS) is 17.7. The quantitative estimate of drug-likeness (QED) is 0.431. The Morgan fingerprint density at radius 1 is 1.14 bits per heavy atom.